The number of hydrogen-bond acceptors (Lipinski definition) is 2. The second kappa shape index (κ2) is 3.56. The summed E-state index contributed by atoms with van der Waals surface area (Å²) in [6.07, 6.45) is 2.95. The predicted octanol–water partition coefficient (Wildman–Crippen LogP) is 2.17. The summed E-state index contributed by atoms with van der Waals surface area (Å²) < 4.78 is 25.6. The average molecular weight is 223 g/mol. The molecule has 2 rings (SSSR count). The first-order valence-corrected chi connectivity index (χ1v) is 6.01. The summed E-state index contributed by atoms with van der Waals surface area (Å²) in [4.78, 5) is 2.40. The maximum atomic E-state index is 11.4. The Morgan fingerprint density at radius 2 is 2.00 bits per heavy atom. The van der Waals surface area contributed by atoms with Gasteiger partial charge in [0.1, 0.15) is 0 Å². The third-order valence-electron chi connectivity index (χ3n) is 2.51. The first kappa shape index (κ1) is 10.0. The number of rotatable bonds is 2. The van der Waals surface area contributed by atoms with Crippen LogP contribution < -0.4 is 0 Å². The van der Waals surface area contributed by atoms with Crippen molar-refractivity contribution in [2.45, 2.75) is 24.2 Å². The number of sulfonamides is 1. The lowest BCUT2D eigenvalue weighted by Gasteiger charge is -2.01. The summed E-state index contributed by atoms with van der Waals surface area (Å²) in [7, 11) is -3.82. The largest absolute Gasteiger partial charge is 0.264 e. The molecule has 5 nitrogen and oxygen atoms in total. The van der Waals surface area contributed by atoms with Gasteiger partial charge < -0.3 is 0 Å². The fourth-order valence-electron chi connectivity index (χ4n) is 1.80. The van der Waals surface area contributed by atoms with Crippen LogP contribution in [0.25, 0.3) is 10.4 Å². The zero-order chi connectivity index (χ0) is 10.9. The summed E-state index contributed by atoms with van der Waals surface area (Å²) in [5, 5.41) is 0. The van der Waals surface area contributed by atoms with Gasteiger partial charge in [0, 0.05) is 9.43 Å². The van der Waals surface area contributed by atoms with Crippen LogP contribution in [0.4, 0.5) is 0 Å². The Hall–Kier alpha value is -1.52. The molecule has 1 aliphatic rings. The summed E-state index contributed by atoms with van der Waals surface area (Å²) in [6, 6.07) is 4.89. The Bertz CT molecular complexity index is 544. The van der Waals surface area contributed by atoms with Gasteiger partial charge in [0.2, 0.25) is 0 Å². The number of aryl methyl sites for hydroxylation is 2. The Kier molecular flexibility index (Phi) is 2.38. The molecule has 0 atom stereocenters. The average Bonchev–Trinajstić information content (AvgIpc) is 2.63. The van der Waals surface area contributed by atoms with Gasteiger partial charge in [-0.1, -0.05) is 6.07 Å². The molecule has 1 aromatic rings. The van der Waals surface area contributed by atoms with Gasteiger partial charge in [-0.05, 0) is 48.1 Å². The highest BCUT2D eigenvalue weighted by Crippen LogP contribution is 2.25. The minimum absolute atomic E-state index is 0.0842. The van der Waals surface area contributed by atoms with Gasteiger partial charge in [-0.15, -0.1) is 0 Å². The maximum absolute atomic E-state index is 11.4. The molecule has 0 saturated heterocycles. The van der Waals surface area contributed by atoms with E-state index in [9.17, 15) is 8.42 Å². The molecule has 6 heteroatoms. The fraction of sp³-hybridized carbons (Fsp3) is 0.333. The van der Waals surface area contributed by atoms with Crippen molar-refractivity contribution in [2.24, 2.45) is 4.52 Å². The first-order valence-electron chi connectivity index (χ1n) is 4.57. The molecule has 0 bridgehead atoms. The lowest BCUT2D eigenvalue weighted by atomic mass is 10.1. The van der Waals surface area contributed by atoms with Crippen LogP contribution in [0.15, 0.2) is 27.6 Å². The van der Waals surface area contributed by atoms with Crippen LogP contribution in [-0.4, -0.2) is 8.42 Å². The van der Waals surface area contributed by atoms with Crippen LogP contribution in [0.3, 0.4) is 0 Å². The van der Waals surface area contributed by atoms with Gasteiger partial charge in [0.15, 0.2) is 0 Å². The van der Waals surface area contributed by atoms with Gasteiger partial charge in [-0.2, -0.15) is 0 Å². The molecule has 0 fully saturated rings. The van der Waals surface area contributed by atoms with E-state index in [0.717, 1.165) is 24.8 Å². The van der Waals surface area contributed by atoms with Crippen molar-refractivity contribution >= 4 is 10.0 Å². The van der Waals surface area contributed by atoms with Gasteiger partial charge in [0.25, 0.3) is 10.0 Å². The highest BCUT2D eigenvalue weighted by atomic mass is 32.2. The van der Waals surface area contributed by atoms with Crippen molar-refractivity contribution < 1.29 is 8.42 Å². The van der Waals surface area contributed by atoms with E-state index in [1.165, 1.54) is 11.6 Å². The highest BCUT2D eigenvalue weighted by Gasteiger charge is 2.16. The van der Waals surface area contributed by atoms with E-state index in [1.807, 2.05) is 0 Å². The molecule has 0 spiro atoms. The number of hydrogen-bond donors (Lipinski definition) is 0. The van der Waals surface area contributed by atoms with Crippen LogP contribution in [-0.2, 0) is 22.9 Å². The Balaban J connectivity index is 2.52. The van der Waals surface area contributed by atoms with E-state index < -0.39 is 10.0 Å². The van der Waals surface area contributed by atoms with E-state index in [1.54, 1.807) is 12.1 Å². The van der Waals surface area contributed by atoms with Gasteiger partial charge >= 0.3 is 0 Å². The van der Waals surface area contributed by atoms with E-state index >= 15 is 0 Å². The van der Waals surface area contributed by atoms with E-state index in [2.05, 4.69) is 9.43 Å². The minimum atomic E-state index is -3.82. The van der Waals surface area contributed by atoms with Crippen LogP contribution in [0, 0.1) is 0 Å². The van der Waals surface area contributed by atoms with E-state index in [-0.39, 0.29) is 4.90 Å². The summed E-state index contributed by atoms with van der Waals surface area (Å²) in [5.74, 6) is 0. The monoisotopic (exact) mass is 223 g/mol. The fourth-order valence-corrected chi connectivity index (χ4v) is 2.53. The quantitative estimate of drug-likeness (QED) is 0.437. The van der Waals surface area contributed by atoms with Crippen molar-refractivity contribution in [3.8, 4) is 0 Å². The lowest BCUT2D eigenvalue weighted by molar-refractivity contribution is 0.597. The molecule has 0 amide bonds. The van der Waals surface area contributed by atoms with Crippen LogP contribution in [0.1, 0.15) is 17.5 Å². The molecule has 15 heavy (non-hydrogen) atoms. The van der Waals surface area contributed by atoms with Crippen molar-refractivity contribution in [1.29, 1.82) is 0 Å². The number of fused-ring (bicyclic) bond motifs is 1. The second-order valence-corrected chi connectivity index (χ2v) is 5.02. The molecule has 0 heterocycles. The molecule has 1 aliphatic carbocycles. The third-order valence-corrected chi connectivity index (χ3v) is 3.65. The SMILES string of the molecule is [N-]=[N+]=NS(=O)(=O)c1ccc2c(c1)CCC2. The minimum Gasteiger partial charge on any atom is -0.216 e. The Labute approximate surface area is 87.4 Å². The van der Waals surface area contributed by atoms with E-state index in [0.29, 0.717) is 0 Å². The number of nitrogens with zero attached hydrogens (tertiary/aromatic N) is 3. The highest BCUT2D eigenvalue weighted by molar-refractivity contribution is 7.90. The zero-order valence-electron chi connectivity index (χ0n) is 7.92. The smallest absolute Gasteiger partial charge is 0.216 e. The molecule has 0 unspecified atom stereocenters. The molecule has 0 saturated carbocycles. The predicted molar refractivity (Wildman–Crippen MR) is 54.8 cm³/mol. The molecule has 78 valence electrons. The van der Waals surface area contributed by atoms with Gasteiger partial charge in [-0.3, -0.25) is 0 Å². The summed E-state index contributed by atoms with van der Waals surface area (Å²) in [6.45, 7) is 0. The number of azide groups is 1. The van der Waals surface area contributed by atoms with Crippen LogP contribution >= 0.6 is 0 Å². The summed E-state index contributed by atoms with van der Waals surface area (Å²) in [5.41, 5.74) is 10.4. The first-order chi connectivity index (χ1) is 7.13. The Morgan fingerprint density at radius 3 is 2.73 bits per heavy atom. The summed E-state index contributed by atoms with van der Waals surface area (Å²) >= 11 is 0. The molecule has 0 N–H and O–H groups in total. The molecule has 0 radical (unpaired) electrons. The van der Waals surface area contributed by atoms with Gasteiger partial charge in [0.05, 0.1) is 4.90 Å². The topological polar surface area (TPSA) is 82.9 Å². The Morgan fingerprint density at radius 1 is 1.27 bits per heavy atom. The number of benzene rings is 1. The molecular formula is C9H9N3O2S. The lowest BCUT2D eigenvalue weighted by Crippen LogP contribution is -1.96. The van der Waals surface area contributed by atoms with Crippen LogP contribution in [0.2, 0.25) is 0 Å². The zero-order valence-corrected chi connectivity index (χ0v) is 8.74. The van der Waals surface area contributed by atoms with Crippen molar-refractivity contribution in [3.05, 3.63) is 39.8 Å². The van der Waals surface area contributed by atoms with E-state index in [4.69, 9.17) is 5.53 Å². The third kappa shape index (κ3) is 1.82. The second-order valence-electron chi connectivity index (χ2n) is 3.43. The van der Waals surface area contributed by atoms with Crippen molar-refractivity contribution in [3.63, 3.8) is 0 Å². The van der Waals surface area contributed by atoms with Crippen molar-refractivity contribution in [1.82, 2.24) is 0 Å². The maximum Gasteiger partial charge on any atom is 0.264 e. The molecule has 0 aromatic heterocycles. The molecule has 0 aliphatic heterocycles. The molecular weight excluding hydrogens is 214 g/mol. The normalized spacial score (nSPS) is 14.4. The van der Waals surface area contributed by atoms with Crippen molar-refractivity contribution in [2.75, 3.05) is 0 Å². The van der Waals surface area contributed by atoms with Crippen LogP contribution in [0.5, 0.6) is 0 Å². The standard InChI is InChI=1S/C9H9N3O2S/c10-11-12-15(13,14)9-5-4-7-2-1-3-8(7)6-9/h4-6H,1-3H2. The van der Waals surface area contributed by atoms with Gasteiger partial charge in [-0.25, -0.2) is 8.42 Å². The molecule has 1 aromatic carbocycles.